The Hall–Kier alpha value is -0.860. The lowest BCUT2D eigenvalue weighted by Crippen LogP contribution is -2.49. The van der Waals surface area contributed by atoms with Gasteiger partial charge in [-0.3, -0.25) is 0 Å². The molecule has 1 heterocycles. The summed E-state index contributed by atoms with van der Waals surface area (Å²) in [4.78, 5) is 0. The highest BCUT2D eigenvalue weighted by Crippen LogP contribution is 2.25. The predicted molar refractivity (Wildman–Crippen MR) is 66.5 cm³/mol. The minimum Gasteiger partial charge on any atom is -0.380 e. The summed E-state index contributed by atoms with van der Waals surface area (Å²) in [6.07, 6.45) is 1.10. The molecule has 0 saturated carbocycles. The number of rotatable bonds is 5. The topological polar surface area (TPSA) is 21.3 Å². The van der Waals surface area contributed by atoms with E-state index in [2.05, 4.69) is 49.5 Å². The third-order valence-corrected chi connectivity index (χ3v) is 3.16. The highest BCUT2D eigenvalue weighted by molar-refractivity contribution is 5.15. The van der Waals surface area contributed by atoms with Gasteiger partial charge in [0.25, 0.3) is 0 Å². The van der Waals surface area contributed by atoms with Gasteiger partial charge in [0.1, 0.15) is 0 Å². The molecule has 0 aliphatic carbocycles. The highest BCUT2D eigenvalue weighted by atomic mass is 16.5. The Morgan fingerprint density at radius 1 is 1.31 bits per heavy atom. The first kappa shape index (κ1) is 11.6. The van der Waals surface area contributed by atoms with E-state index in [1.165, 1.54) is 5.56 Å². The molecular weight excluding hydrogens is 198 g/mol. The Kier molecular flexibility index (Phi) is 3.62. The number of hydrogen-bond donors (Lipinski definition) is 1. The molecule has 0 spiro atoms. The van der Waals surface area contributed by atoms with Gasteiger partial charge in [-0.15, -0.1) is 0 Å². The van der Waals surface area contributed by atoms with Crippen LogP contribution in [0, 0.1) is 5.41 Å². The van der Waals surface area contributed by atoms with Gasteiger partial charge >= 0.3 is 0 Å². The average molecular weight is 219 g/mol. The Labute approximate surface area is 98.0 Å². The molecule has 1 atom stereocenters. The summed E-state index contributed by atoms with van der Waals surface area (Å²) in [5, 5.41) is 3.59. The van der Waals surface area contributed by atoms with Crippen LogP contribution < -0.4 is 5.32 Å². The van der Waals surface area contributed by atoms with Gasteiger partial charge in [-0.05, 0) is 18.9 Å². The van der Waals surface area contributed by atoms with Gasteiger partial charge in [0.15, 0.2) is 0 Å². The zero-order chi connectivity index (χ0) is 11.4. The Bertz CT molecular complexity index is 319. The predicted octanol–water partition coefficient (Wildman–Crippen LogP) is 2.24. The number of nitrogens with one attached hydrogen (secondary N) is 1. The van der Waals surface area contributed by atoms with E-state index in [9.17, 15) is 0 Å². The summed E-state index contributed by atoms with van der Waals surface area (Å²) in [5.41, 5.74) is 1.77. The van der Waals surface area contributed by atoms with Gasteiger partial charge in [0.05, 0.1) is 13.2 Å². The van der Waals surface area contributed by atoms with E-state index in [0.29, 0.717) is 11.5 Å². The van der Waals surface area contributed by atoms with Crippen molar-refractivity contribution in [2.24, 2.45) is 5.41 Å². The van der Waals surface area contributed by atoms with Crippen LogP contribution in [0.5, 0.6) is 0 Å². The minimum atomic E-state index is 0.366. The van der Waals surface area contributed by atoms with Gasteiger partial charge < -0.3 is 10.1 Å². The lowest BCUT2D eigenvalue weighted by molar-refractivity contribution is -0.0998. The Balaban J connectivity index is 1.74. The van der Waals surface area contributed by atoms with Gasteiger partial charge in [-0.25, -0.2) is 0 Å². The second-order valence-electron chi connectivity index (χ2n) is 5.28. The Morgan fingerprint density at radius 2 is 2.00 bits per heavy atom. The molecule has 0 bridgehead atoms. The highest BCUT2D eigenvalue weighted by Gasteiger charge is 2.33. The summed E-state index contributed by atoms with van der Waals surface area (Å²) in [6.45, 7) is 7.38. The fraction of sp³-hybridized carbons (Fsp3) is 0.571. The van der Waals surface area contributed by atoms with Crippen LogP contribution in [-0.2, 0) is 11.2 Å². The van der Waals surface area contributed by atoms with Crippen molar-refractivity contribution >= 4 is 0 Å². The van der Waals surface area contributed by atoms with Crippen molar-refractivity contribution in [1.82, 2.24) is 5.32 Å². The third-order valence-electron chi connectivity index (χ3n) is 3.16. The molecule has 88 valence electrons. The zero-order valence-electron chi connectivity index (χ0n) is 10.2. The molecule has 1 aliphatic heterocycles. The third kappa shape index (κ3) is 3.06. The van der Waals surface area contributed by atoms with Gasteiger partial charge in [0, 0.05) is 18.0 Å². The average Bonchev–Trinajstić information content (AvgIpc) is 2.25. The minimum absolute atomic E-state index is 0.366. The molecular formula is C14H21NO. The monoisotopic (exact) mass is 219 g/mol. The van der Waals surface area contributed by atoms with Crippen molar-refractivity contribution in [3.05, 3.63) is 35.9 Å². The zero-order valence-corrected chi connectivity index (χ0v) is 10.2. The van der Waals surface area contributed by atoms with Crippen LogP contribution in [0.15, 0.2) is 30.3 Å². The number of hydrogen-bond acceptors (Lipinski definition) is 2. The molecule has 0 amide bonds. The van der Waals surface area contributed by atoms with E-state index in [-0.39, 0.29) is 0 Å². The molecule has 1 fully saturated rings. The molecule has 1 aromatic carbocycles. The number of ether oxygens (including phenoxy) is 1. The normalized spacial score (nSPS) is 20.1. The lowest BCUT2D eigenvalue weighted by Gasteiger charge is -2.39. The van der Waals surface area contributed by atoms with Crippen LogP contribution in [0.25, 0.3) is 0 Å². The van der Waals surface area contributed by atoms with E-state index in [0.717, 1.165) is 26.2 Å². The van der Waals surface area contributed by atoms with Crippen LogP contribution in [-0.4, -0.2) is 25.8 Å². The maximum Gasteiger partial charge on any atom is 0.0554 e. The smallest absolute Gasteiger partial charge is 0.0554 e. The van der Waals surface area contributed by atoms with Crippen molar-refractivity contribution in [2.45, 2.75) is 26.3 Å². The summed E-state index contributed by atoms with van der Waals surface area (Å²) in [7, 11) is 0. The van der Waals surface area contributed by atoms with Crippen LogP contribution >= 0.6 is 0 Å². The molecule has 1 saturated heterocycles. The molecule has 0 aromatic heterocycles. The molecule has 2 heteroatoms. The maximum absolute atomic E-state index is 5.25. The molecule has 0 radical (unpaired) electrons. The van der Waals surface area contributed by atoms with Crippen LogP contribution in [0.1, 0.15) is 19.4 Å². The summed E-state index contributed by atoms with van der Waals surface area (Å²) >= 11 is 0. The SMILES string of the molecule is CC(Cc1ccccc1)NCC1(C)COC1. The summed E-state index contributed by atoms with van der Waals surface area (Å²) < 4.78 is 5.25. The summed E-state index contributed by atoms with van der Waals surface area (Å²) in [6, 6.07) is 11.2. The van der Waals surface area contributed by atoms with Gasteiger partial charge in [-0.2, -0.15) is 0 Å². The second-order valence-corrected chi connectivity index (χ2v) is 5.28. The fourth-order valence-electron chi connectivity index (χ4n) is 2.01. The van der Waals surface area contributed by atoms with Crippen LogP contribution in [0.4, 0.5) is 0 Å². The van der Waals surface area contributed by atoms with Crippen molar-refractivity contribution in [3.8, 4) is 0 Å². The molecule has 2 rings (SSSR count). The van der Waals surface area contributed by atoms with Crippen LogP contribution in [0.2, 0.25) is 0 Å². The lowest BCUT2D eigenvalue weighted by atomic mass is 9.88. The molecule has 1 unspecified atom stereocenters. The Morgan fingerprint density at radius 3 is 2.56 bits per heavy atom. The quantitative estimate of drug-likeness (QED) is 0.820. The van der Waals surface area contributed by atoms with E-state index >= 15 is 0 Å². The maximum atomic E-state index is 5.25. The van der Waals surface area contributed by atoms with Crippen molar-refractivity contribution in [3.63, 3.8) is 0 Å². The molecule has 1 N–H and O–H groups in total. The van der Waals surface area contributed by atoms with Crippen molar-refractivity contribution < 1.29 is 4.74 Å². The molecule has 2 nitrogen and oxygen atoms in total. The van der Waals surface area contributed by atoms with E-state index in [4.69, 9.17) is 4.74 Å². The summed E-state index contributed by atoms with van der Waals surface area (Å²) in [5.74, 6) is 0. The second kappa shape index (κ2) is 4.98. The van der Waals surface area contributed by atoms with Gasteiger partial charge in [-0.1, -0.05) is 37.3 Å². The first-order chi connectivity index (χ1) is 7.68. The first-order valence-corrected chi connectivity index (χ1v) is 6.03. The largest absolute Gasteiger partial charge is 0.380 e. The molecule has 1 aromatic rings. The number of benzene rings is 1. The van der Waals surface area contributed by atoms with Crippen molar-refractivity contribution in [1.29, 1.82) is 0 Å². The van der Waals surface area contributed by atoms with Crippen molar-refractivity contribution in [2.75, 3.05) is 19.8 Å². The first-order valence-electron chi connectivity index (χ1n) is 6.03. The van der Waals surface area contributed by atoms with E-state index in [1.54, 1.807) is 0 Å². The fourth-order valence-corrected chi connectivity index (χ4v) is 2.01. The van der Waals surface area contributed by atoms with Crippen LogP contribution in [0.3, 0.4) is 0 Å². The molecule has 16 heavy (non-hydrogen) atoms. The van der Waals surface area contributed by atoms with E-state index < -0.39 is 0 Å². The van der Waals surface area contributed by atoms with Gasteiger partial charge in [0.2, 0.25) is 0 Å². The standard InChI is InChI=1S/C14H21NO/c1-12(8-13-6-4-3-5-7-13)15-9-14(2)10-16-11-14/h3-7,12,15H,8-11H2,1-2H3. The van der Waals surface area contributed by atoms with E-state index in [1.807, 2.05) is 0 Å². The molecule has 1 aliphatic rings.